The third kappa shape index (κ3) is 1.42. The van der Waals surface area contributed by atoms with E-state index in [4.69, 9.17) is 4.74 Å². The minimum atomic E-state index is 0.706. The average molecular weight is 187 g/mol. The van der Waals surface area contributed by atoms with Crippen molar-refractivity contribution < 1.29 is 4.74 Å². The second-order valence-corrected chi connectivity index (χ2v) is 2.18. The number of pyridine rings is 1. The van der Waals surface area contributed by atoms with E-state index < -0.39 is 0 Å². The first kappa shape index (κ1) is 6.55. The van der Waals surface area contributed by atoms with Crippen molar-refractivity contribution >= 4 is 15.9 Å². The third-order valence-electron chi connectivity index (χ3n) is 0.890. The molecule has 1 aromatic heterocycles. The van der Waals surface area contributed by atoms with Crippen molar-refractivity contribution in [2.75, 3.05) is 7.11 Å². The van der Waals surface area contributed by atoms with E-state index in [9.17, 15) is 0 Å². The summed E-state index contributed by atoms with van der Waals surface area (Å²) in [5, 5.41) is 0. The number of nitrogens with zero attached hydrogens (tertiary/aromatic N) is 1. The van der Waals surface area contributed by atoms with E-state index in [1.165, 1.54) is 0 Å². The van der Waals surface area contributed by atoms with Gasteiger partial charge in [-0.25, -0.2) is 4.98 Å². The van der Waals surface area contributed by atoms with Gasteiger partial charge in [-0.05, 0) is 22.0 Å². The van der Waals surface area contributed by atoms with E-state index in [2.05, 4.69) is 27.0 Å². The first-order valence-corrected chi connectivity index (χ1v) is 3.19. The van der Waals surface area contributed by atoms with Gasteiger partial charge in [0.15, 0.2) is 5.75 Å². The number of rotatable bonds is 1. The Bertz CT molecular complexity index is 202. The van der Waals surface area contributed by atoms with Crippen LogP contribution in [0.2, 0.25) is 0 Å². The van der Waals surface area contributed by atoms with Gasteiger partial charge in [-0.2, -0.15) is 0 Å². The molecule has 1 radical (unpaired) electrons. The average Bonchev–Trinajstić information content (AvgIpc) is 1.89. The zero-order valence-electron chi connectivity index (χ0n) is 4.89. The summed E-state index contributed by atoms with van der Waals surface area (Å²) in [6, 6.07) is 4.51. The predicted molar refractivity (Wildman–Crippen MR) is 37.3 cm³/mol. The molecule has 0 atom stereocenters. The molecule has 1 heterocycles. The molecular formula is C6H5BrNO. The van der Waals surface area contributed by atoms with Gasteiger partial charge in [0, 0.05) is 12.3 Å². The highest BCUT2D eigenvalue weighted by Crippen LogP contribution is 2.19. The normalized spacial score (nSPS) is 9.11. The zero-order chi connectivity index (χ0) is 6.69. The van der Waals surface area contributed by atoms with Crippen LogP contribution in [0.5, 0.6) is 5.75 Å². The first-order chi connectivity index (χ1) is 4.34. The molecule has 0 unspecified atom stereocenters. The molecule has 0 fully saturated rings. The van der Waals surface area contributed by atoms with Gasteiger partial charge in [0.05, 0.1) is 7.11 Å². The Morgan fingerprint density at radius 2 is 2.56 bits per heavy atom. The van der Waals surface area contributed by atoms with Crippen LogP contribution in [0, 0.1) is 6.07 Å². The van der Waals surface area contributed by atoms with Crippen molar-refractivity contribution in [1.82, 2.24) is 4.98 Å². The van der Waals surface area contributed by atoms with Gasteiger partial charge < -0.3 is 4.74 Å². The zero-order valence-corrected chi connectivity index (χ0v) is 6.47. The Balaban J connectivity index is 3.01. The molecule has 3 heteroatoms. The summed E-state index contributed by atoms with van der Waals surface area (Å²) in [4.78, 5) is 3.89. The number of aromatic nitrogens is 1. The molecule has 0 aromatic carbocycles. The molecule has 0 N–H and O–H groups in total. The van der Waals surface area contributed by atoms with Crippen LogP contribution < -0.4 is 4.74 Å². The number of halogens is 1. The van der Waals surface area contributed by atoms with E-state index >= 15 is 0 Å². The van der Waals surface area contributed by atoms with Gasteiger partial charge in [-0.1, -0.05) is 0 Å². The van der Waals surface area contributed by atoms with Crippen molar-refractivity contribution in [3.05, 3.63) is 22.9 Å². The summed E-state index contributed by atoms with van der Waals surface area (Å²) in [6.45, 7) is 0. The highest BCUT2D eigenvalue weighted by Gasteiger charge is 1.95. The molecule has 1 rings (SSSR count). The van der Waals surface area contributed by atoms with Crippen molar-refractivity contribution in [2.24, 2.45) is 0 Å². The van der Waals surface area contributed by atoms with Crippen molar-refractivity contribution in [3.63, 3.8) is 0 Å². The van der Waals surface area contributed by atoms with Crippen LogP contribution in [-0.4, -0.2) is 12.1 Å². The van der Waals surface area contributed by atoms with Gasteiger partial charge in [0.25, 0.3) is 0 Å². The van der Waals surface area contributed by atoms with E-state index in [1.807, 2.05) is 0 Å². The molecule has 2 nitrogen and oxygen atoms in total. The van der Waals surface area contributed by atoms with Crippen LogP contribution in [0.1, 0.15) is 0 Å². The highest BCUT2D eigenvalue weighted by molar-refractivity contribution is 9.10. The quantitative estimate of drug-likeness (QED) is 0.623. The van der Waals surface area contributed by atoms with E-state index in [0.29, 0.717) is 10.4 Å². The van der Waals surface area contributed by atoms with Crippen LogP contribution in [0.15, 0.2) is 16.9 Å². The SMILES string of the molecule is COc1c[c]cnc1Br. The lowest BCUT2D eigenvalue weighted by molar-refractivity contribution is 0.409. The molecular weight excluding hydrogens is 182 g/mol. The fraction of sp³-hybridized carbons (Fsp3) is 0.167. The molecule has 0 bridgehead atoms. The standard InChI is InChI=1S/C6H5BrNO/c1-9-5-3-2-4-8-6(5)7/h3-4H,1H3. The summed E-state index contributed by atoms with van der Waals surface area (Å²) in [5.41, 5.74) is 0. The number of hydrogen-bond acceptors (Lipinski definition) is 2. The number of ether oxygens (including phenoxy) is 1. The molecule has 0 amide bonds. The van der Waals surface area contributed by atoms with Crippen LogP contribution in [0.4, 0.5) is 0 Å². The van der Waals surface area contributed by atoms with Crippen LogP contribution in [0.25, 0.3) is 0 Å². The van der Waals surface area contributed by atoms with Crippen LogP contribution in [0.3, 0.4) is 0 Å². The van der Waals surface area contributed by atoms with Gasteiger partial charge in [0.2, 0.25) is 0 Å². The minimum absolute atomic E-state index is 0.706. The summed E-state index contributed by atoms with van der Waals surface area (Å²) in [5.74, 6) is 0.706. The molecule has 0 aliphatic heterocycles. The summed E-state index contributed by atoms with van der Waals surface area (Å²) in [6.07, 6.45) is 1.58. The number of hydrogen-bond donors (Lipinski definition) is 0. The molecule has 0 saturated heterocycles. The van der Waals surface area contributed by atoms with Crippen molar-refractivity contribution in [1.29, 1.82) is 0 Å². The lowest BCUT2D eigenvalue weighted by atomic mass is 10.5. The smallest absolute Gasteiger partial charge is 0.152 e. The van der Waals surface area contributed by atoms with Crippen LogP contribution >= 0.6 is 15.9 Å². The van der Waals surface area contributed by atoms with Crippen molar-refractivity contribution in [3.8, 4) is 5.75 Å². The lowest BCUT2D eigenvalue weighted by Gasteiger charge is -1.97. The van der Waals surface area contributed by atoms with E-state index in [1.54, 1.807) is 19.4 Å². The molecule has 0 aliphatic carbocycles. The van der Waals surface area contributed by atoms with Gasteiger partial charge >= 0.3 is 0 Å². The Hall–Kier alpha value is -0.570. The van der Waals surface area contributed by atoms with E-state index in [0.717, 1.165) is 0 Å². The van der Waals surface area contributed by atoms with Crippen molar-refractivity contribution in [2.45, 2.75) is 0 Å². The molecule has 0 spiro atoms. The molecule has 1 aromatic rings. The van der Waals surface area contributed by atoms with Crippen LogP contribution in [-0.2, 0) is 0 Å². The third-order valence-corrected chi connectivity index (χ3v) is 1.49. The Kier molecular flexibility index (Phi) is 2.05. The first-order valence-electron chi connectivity index (χ1n) is 2.40. The fourth-order valence-corrected chi connectivity index (χ4v) is 0.852. The monoisotopic (exact) mass is 186 g/mol. The minimum Gasteiger partial charge on any atom is -0.494 e. The molecule has 0 saturated carbocycles. The second-order valence-electron chi connectivity index (χ2n) is 1.43. The van der Waals surface area contributed by atoms with Gasteiger partial charge in [-0.15, -0.1) is 0 Å². The molecule has 47 valence electrons. The summed E-state index contributed by atoms with van der Waals surface area (Å²) in [7, 11) is 1.59. The molecule has 0 aliphatic rings. The lowest BCUT2D eigenvalue weighted by Crippen LogP contribution is -1.84. The maximum atomic E-state index is 4.90. The topological polar surface area (TPSA) is 22.1 Å². The Labute approximate surface area is 62.0 Å². The van der Waals surface area contributed by atoms with E-state index in [-0.39, 0.29) is 0 Å². The Morgan fingerprint density at radius 3 is 3.00 bits per heavy atom. The fourth-order valence-electron chi connectivity index (χ4n) is 0.473. The largest absolute Gasteiger partial charge is 0.494 e. The molecule has 9 heavy (non-hydrogen) atoms. The summed E-state index contributed by atoms with van der Waals surface area (Å²) >= 11 is 3.20. The Morgan fingerprint density at radius 1 is 1.78 bits per heavy atom. The number of methoxy groups -OCH3 is 1. The summed E-state index contributed by atoms with van der Waals surface area (Å²) < 4.78 is 5.62. The predicted octanol–water partition coefficient (Wildman–Crippen LogP) is 1.65. The maximum absolute atomic E-state index is 4.90. The second kappa shape index (κ2) is 2.82. The maximum Gasteiger partial charge on any atom is 0.152 e. The highest BCUT2D eigenvalue weighted by atomic mass is 79.9. The van der Waals surface area contributed by atoms with Gasteiger partial charge in [0.1, 0.15) is 4.60 Å². The van der Waals surface area contributed by atoms with Gasteiger partial charge in [-0.3, -0.25) is 0 Å².